The minimum atomic E-state index is 0.0897. The van der Waals surface area contributed by atoms with Crippen LogP contribution in [0.1, 0.15) is 58.3 Å². The Morgan fingerprint density at radius 1 is 1.16 bits per heavy atom. The molecule has 3 fully saturated rings. The van der Waals surface area contributed by atoms with Gasteiger partial charge in [0.25, 0.3) is 0 Å². The molecule has 0 aromatic carbocycles. The summed E-state index contributed by atoms with van der Waals surface area (Å²) in [6, 6.07) is 0.711. The van der Waals surface area contributed by atoms with Gasteiger partial charge in [-0.05, 0) is 49.9 Å². The zero-order valence-electron chi connectivity index (χ0n) is 12.2. The molecule has 1 amide bonds. The number of fused-ring (bicyclic) bond motifs is 1. The summed E-state index contributed by atoms with van der Waals surface area (Å²) in [5, 5.41) is 6.76. The average Bonchev–Trinajstić information content (AvgIpc) is 3.01. The first-order valence-corrected chi connectivity index (χ1v) is 8.26. The Morgan fingerprint density at radius 3 is 2.74 bits per heavy atom. The van der Waals surface area contributed by atoms with E-state index in [4.69, 9.17) is 0 Å². The van der Waals surface area contributed by atoms with Crippen LogP contribution in [0.2, 0.25) is 0 Å². The van der Waals surface area contributed by atoms with E-state index in [0.29, 0.717) is 6.04 Å². The van der Waals surface area contributed by atoms with Crippen molar-refractivity contribution in [2.24, 2.45) is 17.8 Å². The quantitative estimate of drug-likeness (QED) is 0.822. The van der Waals surface area contributed by atoms with Crippen LogP contribution in [0.5, 0.6) is 0 Å². The van der Waals surface area contributed by atoms with E-state index in [0.717, 1.165) is 30.7 Å². The molecular formula is C16H28N2O. The fourth-order valence-corrected chi connectivity index (χ4v) is 4.40. The lowest BCUT2D eigenvalue weighted by Gasteiger charge is -2.24. The van der Waals surface area contributed by atoms with Crippen LogP contribution in [-0.2, 0) is 4.79 Å². The number of nitrogens with one attached hydrogen (secondary N) is 2. The van der Waals surface area contributed by atoms with Crippen molar-refractivity contribution < 1.29 is 4.79 Å². The van der Waals surface area contributed by atoms with Crippen molar-refractivity contribution >= 4 is 5.91 Å². The normalized spacial score (nSPS) is 42.1. The van der Waals surface area contributed by atoms with Crippen LogP contribution in [0, 0.1) is 17.8 Å². The summed E-state index contributed by atoms with van der Waals surface area (Å²) in [7, 11) is 0. The van der Waals surface area contributed by atoms with Crippen LogP contribution >= 0.6 is 0 Å². The van der Waals surface area contributed by atoms with Gasteiger partial charge in [0.15, 0.2) is 0 Å². The Hall–Kier alpha value is -0.570. The Labute approximate surface area is 116 Å². The highest BCUT2D eigenvalue weighted by Crippen LogP contribution is 2.33. The maximum absolute atomic E-state index is 12.3. The highest BCUT2D eigenvalue weighted by atomic mass is 16.2. The summed E-state index contributed by atoms with van der Waals surface area (Å²) in [5.74, 6) is 2.60. The van der Waals surface area contributed by atoms with Crippen molar-refractivity contribution in [3.05, 3.63) is 0 Å². The third-order valence-corrected chi connectivity index (χ3v) is 5.55. The summed E-state index contributed by atoms with van der Waals surface area (Å²) < 4.78 is 0. The molecule has 3 aliphatic rings. The Balaban J connectivity index is 1.43. The molecule has 2 aliphatic carbocycles. The second-order valence-corrected chi connectivity index (χ2v) is 7.14. The van der Waals surface area contributed by atoms with E-state index in [-0.39, 0.29) is 11.9 Å². The summed E-state index contributed by atoms with van der Waals surface area (Å²) in [5.41, 5.74) is 0. The standard InChI is InChI=1S/C16H28N2O/c1-11-6-7-12(8-11)10-17-16(19)15-9-13-4-2-3-5-14(13)18-15/h11-15,18H,2-10H2,1H3,(H,17,19). The molecule has 0 aromatic rings. The maximum Gasteiger partial charge on any atom is 0.237 e. The van der Waals surface area contributed by atoms with Gasteiger partial charge in [0.1, 0.15) is 0 Å². The zero-order chi connectivity index (χ0) is 13.2. The third-order valence-electron chi connectivity index (χ3n) is 5.55. The fourth-order valence-electron chi connectivity index (χ4n) is 4.40. The molecule has 1 aliphatic heterocycles. The fraction of sp³-hybridized carbons (Fsp3) is 0.938. The predicted molar refractivity (Wildman–Crippen MR) is 76.8 cm³/mol. The van der Waals surface area contributed by atoms with Crippen LogP contribution < -0.4 is 10.6 Å². The Kier molecular flexibility index (Phi) is 4.11. The Morgan fingerprint density at radius 2 is 2.00 bits per heavy atom. The SMILES string of the molecule is CC1CCC(CNC(=O)C2CC3CCCCC3N2)C1. The van der Waals surface area contributed by atoms with E-state index in [1.807, 2.05) is 0 Å². The molecule has 3 heteroatoms. The van der Waals surface area contributed by atoms with E-state index in [1.54, 1.807) is 0 Å². The molecule has 0 spiro atoms. The lowest BCUT2D eigenvalue weighted by atomic mass is 9.85. The van der Waals surface area contributed by atoms with E-state index >= 15 is 0 Å². The van der Waals surface area contributed by atoms with Gasteiger partial charge in [-0.2, -0.15) is 0 Å². The van der Waals surface area contributed by atoms with Gasteiger partial charge in [0.2, 0.25) is 5.91 Å². The van der Waals surface area contributed by atoms with Crippen LogP contribution in [0.25, 0.3) is 0 Å². The summed E-state index contributed by atoms with van der Waals surface area (Å²) in [6.45, 7) is 3.22. The van der Waals surface area contributed by atoms with E-state index in [9.17, 15) is 4.79 Å². The molecule has 2 saturated carbocycles. The number of amides is 1. The van der Waals surface area contributed by atoms with Gasteiger partial charge in [0, 0.05) is 12.6 Å². The lowest BCUT2D eigenvalue weighted by Crippen LogP contribution is -2.44. The minimum absolute atomic E-state index is 0.0897. The number of hydrogen-bond donors (Lipinski definition) is 2. The van der Waals surface area contributed by atoms with Crippen molar-refractivity contribution in [2.75, 3.05) is 6.54 Å². The average molecular weight is 264 g/mol. The van der Waals surface area contributed by atoms with Gasteiger partial charge < -0.3 is 10.6 Å². The van der Waals surface area contributed by atoms with Gasteiger partial charge in [-0.3, -0.25) is 4.79 Å². The number of carbonyl (C=O) groups excluding carboxylic acids is 1. The summed E-state index contributed by atoms with van der Waals surface area (Å²) >= 11 is 0. The van der Waals surface area contributed by atoms with Gasteiger partial charge in [0.05, 0.1) is 6.04 Å². The first-order valence-electron chi connectivity index (χ1n) is 8.26. The molecule has 1 heterocycles. The molecular weight excluding hydrogens is 236 g/mol. The van der Waals surface area contributed by atoms with E-state index in [1.165, 1.54) is 44.9 Å². The van der Waals surface area contributed by atoms with Crippen molar-refractivity contribution in [1.82, 2.24) is 10.6 Å². The van der Waals surface area contributed by atoms with Crippen LogP contribution in [0.4, 0.5) is 0 Å². The summed E-state index contributed by atoms with van der Waals surface area (Å²) in [6.07, 6.45) is 10.3. The smallest absolute Gasteiger partial charge is 0.237 e. The lowest BCUT2D eigenvalue weighted by molar-refractivity contribution is -0.123. The molecule has 2 N–H and O–H groups in total. The van der Waals surface area contributed by atoms with Crippen molar-refractivity contribution in [3.8, 4) is 0 Å². The number of carbonyl (C=O) groups is 1. The predicted octanol–water partition coefficient (Wildman–Crippen LogP) is 2.46. The molecule has 1 saturated heterocycles. The third kappa shape index (κ3) is 3.13. The number of rotatable bonds is 3. The van der Waals surface area contributed by atoms with E-state index < -0.39 is 0 Å². The zero-order valence-corrected chi connectivity index (χ0v) is 12.2. The second-order valence-electron chi connectivity index (χ2n) is 7.14. The van der Waals surface area contributed by atoms with Gasteiger partial charge in [-0.1, -0.05) is 26.2 Å². The number of hydrogen-bond acceptors (Lipinski definition) is 2. The minimum Gasteiger partial charge on any atom is -0.354 e. The molecule has 19 heavy (non-hydrogen) atoms. The van der Waals surface area contributed by atoms with Crippen LogP contribution in [0.3, 0.4) is 0 Å². The summed E-state index contributed by atoms with van der Waals surface area (Å²) in [4.78, 5) is 12.3. The highest BCUT2D eigenvalue weighted by Gasteiger charge is 2.38. The van der Waals surface area contributed by atoms with Crippen molar-refractivity contribution in [2.45, 2.75) is 70.4 Å². The van der Waals surface area contributed by atoms with Gasteiger partial charge in [-0.15, -0.1) is 0 Å². The van der Waals surface area contributed by atoms with Gasteiger partial charge >= 0.3 is 0 Å². The highest BCUT2D eigenvalue weighted by molar-refractivity contribution is 5.82. The Bertz CT molecular complexity index is 317. The molecule has 5 unspecified atom stereocenters. The van der Waals surface area contributed by atoms with Crippen molar-refractivity contribution in [1.29, 1.82) is 0 Å². The maximum atomic E-state index is 12.3. The molecule has 108 valence electrons. The van der Waals surface area contributed by atoms with Crippen molar-refractivity contribution in [3.63, 3.8) is 0 Å². The van der Waals surface area contributed by atoms with Gasteiger partial charge in [-0.25, -0.2) is 0 Å². The first kappa shape index (κ1) is 13.4. The largest absolute Gasteiger partial charge is 0.354 e. The van der Waals surface area contributed by atoms with E-state index in [2.05, 4.69) is 17.6 Å². The first-order chi connectivity index (χ1) is 9.22. The van der Waals surface area contributed by atoms with Crippen LogP contribution in [0.15, 0.2) is 0 Å². The molecule has 3 nitrogen and oxygen atoms in total. The second kappa shape index (κ2) is 5.82. The molecule has 0 radical (unpaired) electrons. The molecule has 0 aromatic heterocycles. The molecule has 3 rings (SSSR count). The topological polar surface area (TPSA) is 41.1 Å². The monoisotopic (exact) mass is 264 g/mol. The molecule has 0 bridgehead atoms. The van der Waals surface area contributed by atoms with Crippen LogP contribution in [-0.4, -0.2) is 24.5 Å². The molecule has 5 atom stereocenters.